The van der Waals surface area contributed by atoms with E-state index in [4.69, 9.17) is 18.9 Å². The van der Waals surface area contributed by atoms with Crippen LogP contribution in [0, 0.1) is 0 Å². The van der Waals surface area contributed by atoms with Crippen molar-refractivity contribution in [3.63, 3.8) is 0 Å². The van der Waals surface area contributed by atoms with E-state index in [1.807, 2.05) is 0 Å². The molecule has 8 nitrogen and oxygen atoms in total. The molecule has 0 fully saturated rings. The van der Waals surface area contributed by atoms with Crippen molar-refractivity contribution >= 4 is 23.9 Å². The number of esters is 4. The highest BCUT2D eigenvalue weighted by molar-refractivity contribution is 5.93. The van der Waals surface area contributed by atoms with E-state index in [1.165, 1.54) is 0 Å². The van der Waals surface area contributed by atoms with E-state index in [9.17, 15) is 19.2 Å². The number of hydrogen-bond donors (Lipinski definition) is 0. The molecule has 0 unspecified atom stereocenters. The highest BCUT2D eigenvalue weighted by Gasteiger charge is 2.20. The fraction of sp³-hybridized carbons (Fsp3) is 0.0625. The Kier molecular flexibility index (Phi) is 9.69. The molecule has 0 N–H and O–H groups in total. The van der Waals surface area contributed by atoms with E-state index in [-0.39, 0.29) is 23.0 Å². The van der Waals surface area contributed by atoms with Crippen LogP contribution in [0.5, 0.6) is 23.0 Å². The summed E-state index contributed by atoms with van der Waals surface area (Å²) in [6.45, 7) is 13.5. The third-order valence-corrected chi connectivity index (χ3v) is 5.52. The first kappa shape index (κ1) is 29.1. The van der Waals surface area contributed by atoms with Gasteiger partial charge in [-0.05, 0) is 61.4 Å². The largest absolute Gasteiger partial charge is 0.423 e. The highest BCUT2D eigenvalue weighted by Crippen LogP contribution is 2.42. The molecule has 40 heavy (non-hydrogen) atoms. The number of ether oxygens (including phenoxy) is 4. The van der Waals surface area contributed by atoms with Gasteiger partial charge in [0, 0.05) is 34.9 Å². The van der Waals surface area contributed by atoms with Gasteiger partial charge in [0.15, 0.2) is 0 Å². The Morgan fingerprint density at radius 1 is 0.600 bits per heavy atom. The van der Waals surface area contributed by atoms with Crippen LogP contribution in [-0.2, 0) is 19.2 Å². The minimum atomic E-state index is -0.704. The van der Waals surface area contributed by atoms with Crippen molar-refractivity contribution in [2.75, 3.05) is 0 Å². The molecule has 0 atom stereocenters. The zero-order valence-electron chi connectivity index (χ0n) is 22.0. The molecule has 0 amide bonds. The van der Waals surface area contributed by atoms with Gasteiger partial charge in [0.1, 0.15) is 23.0 Å². The maximum absolute atomic E-state index is 12.8. The Labute approximate surface area is 231 Å². The van der Waals surface area contributed by atoms with E-state index in [0.29, 0.717) is 27.8 Å². The number of rotatable bonds is 10. The van der Waals surface area contributed by atoms with Crippen LogP contribution in [0.2, 0.25) is 0 Å². The van der Waals surface area contributed by atoms with Gasteiger partial charge < -0.3 is 18.9 Å². The van der Waals surface area contributed by atoms with Crippen LogP contribution in [0.3, 0.4) is 0 Å². The van der Waals surface area contributed by atoms with Gasteiger partial charge in [-0.1, -0.05) is 50.1 Å². The Morgan fingerprint density at radius 3 is 1.35 bits per heavy atom. The summed E-state index contributed by atoms with van der Waals surface area (Å²) in [6.07, 6.45) is 4.73. The molecular formula is C32H26O8. The van der Waals surface area contributed by atoms with Crippen LogP contribution in [0.15, 0.2) is 110 Å². The molecule has 3 aromatic carbocycles. The predicted molar refractivity (Wildman–Crippen MR) is 150 cm³/mol. The van der Waals surface area contributed by atoms with Crippen molar-refractivity contribution in [1.29, 1.82) is 0 Å². The first-order valence-electron chi connectivity index (χ1n) is 12.0. The van der Waals surface area contributed by atoms with Crippen LogP contribution in [-0.4, -0.2) is 23.9 Å². The zero-order valence-corrected chi connectivity index (χ0v) is 22.0. The topological polar surface area (TPSA) is 105 Å². The molecular weight excluding hydrogens is 512 g/mol. The van der Waals surface area contributed by atoms with Gasteiger partial charge in [0.2, 0.25) is 0 Å². The lowest BCUT2D eigenvalue weighted by Crippen LogP contribution is -2.11. The second-order valence-electron chi connectivity index (χ2n) is 8.13. The maximum atomic E-state index is 12.8. The molecule has 0 spiro atoms. The number of allylic oxidation sites excluding steroid dienone is 1. The smallest absolute Gasteiger partial charge is 0.338 e. The third kappa shape index (κ3) is 7.29. The number of benzene rings is 3. The normalized spacial score (nSPS) is 10.6. The third-order valence-electron chi connectivity index (χ3n) is 5.52. The molecule has 8 heteroatoms. The SMILES string of the molecule is C=CC(=O)Oc1ccc(-c2cc(OC(=O)/C(C)=C\C)c(-c3ccc(OC(=O)C=C)cc3)cc2OC(=O)C=C)cc1. The highest BCUT2D eigenvalue weighted by atomic mass is 16.5. The van der Waals surface area contributed by atoms with Crippen molar-refractivity contribution in [1.82, 2.24) is 0 Å². The minimum absolute atomic E-state index is 0.153. The van der Waals surface area contributed by atoms with Gasteiger partial charge in [0.05, 0.1) is 0 Å². The number of carbonyl (C=O) groups is 4. The minimum Gasteiger partial charge on any atom is -0.423 e. The molecule has 0 bridgehead atoms. The average Bonchev–Trinajstić information content (AvgIpc) is 2.97. The lowest BCUT2D eigenvalue weighted by atomic mass is 9.97. The summed E-state index contributed by atoms with van der Waals surface area (Å²) in [5, 5.41) is 0. The van der Waals surface area contributed by atoms with Gasteiger partial charge >= 0.3 is 23.9 Å². The van der Waals surface area contributed by atoms with E-state index < -0.39 is 23.9 Å². The Bertz CT molecular complexity index is 1510. The summed E-state index contributed by atoms with van der Waals surface area (Å²) in [5.74, 6) is -1.61. The summed E-state index contributed by atoms with van der Waals surface area (Å²) >= 11 is 0. The predicted octanol–water partition coefficient (Wildman–Crippen LogP) is 6.17. The fourth-order valence-corrected chi connectivity index (χ4v) is 3.35. The first-order chi connectivity index (χ1) is 19.2. The lowest BCUT2D eigenvalue weighted by Gasteiger charge is -2.17. The second kappa shape index (κ2) is 13.3. The van der Waals surface area contributed by atoms with Crippen molar-refractivity contribution < 1.29 is 38.1 Å². The van der Waals surface area contributed by atoms with E-state index in [1.54, 1.807) is 80.6 Å². The van der Waals surface area contributed by atoms with Crippen LogP contribution >= 0.6 is 0 Å². The molecule has 0 radical (unpaired) electrons. The molecule has 3 aromatic rings. The van der Waals surface area contributed by atoms with Crippen LogP contribution in [0.4, 0.5) is 0 Å². The number of hydrogen-bond acceptors (Lipinski definition) is 8. The van der Waals surface area contributed by atoms with Crippen LogP contribution in [0.25, 0.3) is 22.3 Å². The standard InChI is InChI=1S/C32H26O8/c1-6-20(5)32(36)40-28-19-25(21-10-14-23(15-11-21)37-29(33)7-2)27(39-31(35)9-4)18-26(28)22-12-16-24(17-13-22)38-30(34)8-3/h6-19H,2-4H2,1,5H3/b20-6-. The van der Waals surface area contributed by atoms with E-state index in [0.717, 1.165) is 18.2 Å². The van der Waals surface area contributed by atoms with E-state index in [2.05, 4.69) is 19.7 Å². The Morgan fingerprint density at radius 2 is 0.975 bits per heavy atom. The molecule has 0 aromatic heterocycles. The molecule has 202 valence electrons. The monoisotopic (exact) mass is 538 g/mol. The average molecular weight is 539 g/mol. The molecule has 0 saturated carbocycles. The molecule has 0 saturated heterocycles. The summed E-state index contributed by atoms with van der Waals surface area (Å²) in [6, 6.07) is 16.0. The lowest BCUT2D eigenvalue weighted by molar-refractivity contribution is -0.130. The van der Waals surface area contributed by atoms with Crippen LogP contribution in [0.1, 0.15) is 13.8 Å². The van der Waals surface area contributed by atoms with Gasteiger partial charge in [-0.25, -0.2) is 19.2 Å². The molecule has 0 aliphatic rings. The zero-order chi connectivity index (χ0) is 29.2. The van der Waals surface area contributed by atoms with Crippen molar-refractivity contribution in [3.8, 4) is 45.3 Å². The van der Waals surface area contributed by atoms with Gasteiger partial charge in [0.25, 0.3) is 0 Å². The van der Waals surface area contributed by atoms with Crippen LogP contribution < -0.4 is 18.9 Å². The quantitative estimate of drug-likeness (QED) is 0.172. The number of carbonyl (C=O) groups excluding carboxylic acids is 4. The van der Waals surface area contributed by atoms with Gasteiger partial charge in [-0.2, -0.15) is 0 Å². The molecule has 3 rings (SSSR count). The summed E-state index contributed by atoms with van der Waals surface area (Å²) in [4.78, 5) is 48.1. The summed E-state index contributed by atoms with van der Waals surface area (Å²) < 4.78 is 21.6. The first-order valence-corrected chi connectivity index (χ1v) is 12.0. The molecule has 0 aliphatic heterocycles. The summed E-state index contributed by atoms with van der Waals surface area (Å²) in [7, 11) is 0. The second-order valence-corrected chi connectivity index (χ2v) is 8.13. The maximum Gasteiger partial charge on any atom is 0.338 e. The van der Waals surface area contributed by atoms with Crippen molar-refractivity contribution in [3.05, 3.63) is 110 Å². The Hall–Kier alpha value is -5.50. The van der Waals surface area contributed by atoms with E-state index >= 15 is 0 Å². The Balaban J connectivity index is 2.18. The van der Waals surface area contributed by atoms with Crippen molar-refractivity contribution in [2.45, 2.75) is 13.8 Å². The van der Waals surface area contributed by atoms with Gasteiger partial charge in [-0.3, -0.25) is 0 Å². The van der Waals surface area contributed by atoms with Crippen molar-refractivity contribution in [2.24, 2.45) is 0 Å². The molecule has 0 heterocycles. The van der Waals surface area contributed by atoms with Gasteiger partial charge in [-0.15, -0.1) is 0 Å². The summed E-state index contributed by atoms with van der Waals surface area (Å²) in [5.41, 5.74) is 2.37. The molecule has 0 aliphatic carbocycles. The fourth-order valence-electron chi connectivity index (χ4n) is 3.35.